The van der Waals surface area contributed by atoms with E-state index in [0.717, 1.165) is 36.6 Å². The smallest absolute Gasteiger partial charge is 0.0540 e. The maximum atomic E-state index is 9.63. The number of fused-ring (bicyclic) bond motifs is 2. The summed E-state index contributed by atoms with van der Waals surface area (Å²) in [5.41, 5.74) is 0. The largest absolute Gasteiger partial charge is 0.393 e. The van der Waals surface area contributed by atoms with Crippen LogP contribution in [0.25, 0.3) is 0 Å². The lowest BCUT2D eigenvalue weighted by atomic mass is 9.73. The van der Waals surface area contributed by atoms with Gasteiger partial charge in [0.05, 0.1) is 6.10 Å². The molecule has 0 radical (unpaired) electrons. The zero-order chi connectivity index (χ0) is 14.8. The van der Waals surface area contributed by atoms with Crippen molar-refractivity contribution in [3.8, 4) is 0 Å². The highest BCUT2D eigenvalue weighted by molar-refractivity contribution is 4.95. The fourth-order valence-corrected chi connectivity index (χ4v) is 4.88. The fourth-order valence-electron chi connectivity index (χ4n) is 4.88. The highest BCUT2D eigenvalue weighted by atomic mass is 16.3. The number of nitrogens with zero attached hydrogens (tertiary/aromatic N) is 1. The van der Waals surface area contributed by atoms with Crippen LogP contribution < -0.4 is 5.32 Å². The Hall–Kier alpha value is -0.120. The van der Waals surface area contributed by atoms with Gasteiger partial charge in [-0.3, -0.25) is 0 Å². The fraction of sp³-hybridized carbons (Fsp3) is 1.00. The van der Waals surface area contributed by atoms with Gasteiger partial charge in [-0.15, -0.1) is 0 Å². The highest BCUT2D eigenvalue weighted by Gasteiger charge is 2.39. The normalized spacial score (nSPS) is 41.4. The van der Waals surface area contributed by atoms with E-state index in [1.54, 1.807) is 0 Å². The number of hydrogen-bond acceptors (Lipinski definition) is 3. The lowest BCUT2D eigenvalue weighted by Gasteiger charge is -2.49. The van der Waals surface area contributed by atoms with E-state index in [1.165, 1.54) is 51.7 Å². The van der Waals surface area contributed by atoms with Crippen LogP contribution in [0.1, 0.15) is 58.8 Å². The van der Waals surface area contributed by atoms with Gasteiger partial charge < -0.3 is 15.3 Å². The van der Waals surface area contributed by atoms with E-state index in [-0.39, 0.29) is 6.10 Å². The standard InChI is InChI=1S/C18H34N2O/c1-13(2)20-11-15-4-3-5-16(12-20)18(15)19-10-14-6-8-17(21)9-7-14/h13-19,21H,3-12H2,1-2H3. The molecule has 3 aliphatic rings. The molecular formula is C18H34N2O. The quantitative estimate of drug-likeness (QED) is 0.837. The molecule has 2 unspecified atom stereocenters. The number of nitrogens with one attached hydrogen (secondary N) is 1. The Balaban J connectivity index is 1.51. The molecule has 0 spiro atoms. The summed E-state index contributed by atoms with van der Waals surface area (Å²) in [5, 5.41) is 13.6. The van der Waals surface area contributed by atoms with Crippen LogP contribution >= 0.6 is 0 Å². The molecule has 2 aliphatic carbocycles. The molecule has 2 bridgehead atoms. The SMILES string of the molecule is CC(C)N1CC2CCCC(C1)C2NCC1CCC(O)CC1. The van der Waals surface area contributed by atoms with Crippen molar-refractivity contribution in [1.82, 2.24) is 10.2 Å². The summed E-state index contributed by atoms with van der Waals surface area (Å²) in [5.74, 6) is 2.54. The number of hydrogen-bond donors (Lipinski definition) is 2. The summed E-state index contributed by atoms with van der Waals surface area (Å²) < 4.78 is 0. The van der Waals surface area contributed by atoms with Crippen molar-refractivity contribution in [1.29, 1.82) is 0 Å². The van der Waals surface area contributed by atoms with Crippen LogP contribution in [0.5, 0.6) is 0 Å². The summed E-state index contributed by atoms with van der Waals surface area (Å²) in [6.07, 6.45) is 8.73. The zero-order valence-electron chi connectivity index (χ0n) is 13.9. The third kappa shape index (κ3) is 3.80. The van der Waals surface area contributed by atoms with Crippen molar-refractivity contribution in [3.05, 3.63) is 0 Å². The molecule has 0 aromatic rings. The van der Waals surface area contributed by atoms with Crippen molar-refractivity contribution in [3.63, 3.8) is 0 Å². The topological polar surface area (TPSA) is 35.5 Å². The summed E-state index contributed by atoms with van der Waals surface area (Å²) in [6, 6.07) is 1.47. The van der Waals surface area contributed by atoms with E-state index >= 15 is 0 Å². The van der Waals surface area contributed by atoms with E-state index in [9.17, 15) is 5.11 Å². The molecule has 3 fully saturated rings. The first kappa shape index (κ1) is 15.8. The van der Waals surface area contributed by atoms with Crippen molar-refractivity contribution < 1.29 is 5.11 Å². The average molecular weight is 294 g/mol. The first-order valence-corrected chi connectivity index (χ1v) is 9.29. The molecule has 0 aromatic carbocycles. The Morgan fingerprint density at radius 3 is 2.19 bits per heavy atom. The monoisotopic (exact) mass is 294 g/mol. The van der Waals surface area contributed by atoms with E-state index in [2.05, 4.69) is 24.1 Å². The van der Waals surface area contributed by atoms with Gasteiger partial charge in [0.2, 0.25) is 0 Å². The summed E-state index contributed by atoms with van der Waals surface area (Å²) >= 11 is 0. The van der Waals surface area contributed by atoms with Gasteiger partial charge in [-0.05, 0) is 76.7 Å². The Kier molecular flexibility index (Phi) is 5.23. The molecule has 1 saturated heterocycles. The van der Waals surface area contributed by atoms with Crippen LogP contribution in [-0.4, -0.2) is 47.8 Å². The summed E-state index contributed by atoms with van der Waals surface area (Å²) in [6.45, 7) is 8.48. The van der Waals surface area contributed by atoms with Crippen LogP contribution in [-0.2, 0) is 0 Å². The summed E-state index contributed by atoms with van der Waals surface area (Å²) in [7, 11) is 0. The summed E-state index contributed by atoms with van der Waals surface area (Å²) in [4.78, 5) is 2.70. The molecule has 1 heterocycles. The maximum Gasteiger partial charge on any atom is 0.0540 e. The third-order valence-electron chi connectivity index (χ3n) is 6.29. The first-order valence-electron chi connectivity index (χ1n) is 9.29. The first-order chi connectivity index (χ1) is 10.1. The minimum atomic E-state index is -0.0186. The number of rotatable bonds is 4. The number of likely N-dealkylation sites (tertiary alicyclic amines) is 1. The Labute approximate surface area is 130 Å². The molecule has 1 aliphatic heterocycles. The van der Waals surface area contributed by atoms with Crippen LogP contribution in [0.2, 0.25) is 0 Å². The second-order valence-corrected chi connectivity index (χ2v) is 8.11. The number of aliphatic hydroxyl groups excluding tert-OH is 1. The van der Waals surface area contributed by atoms with Crippen LogP contribution in [0.3, 0.4) is 0 Å². The predicted molar refractivity (Wildman–Crippen MR) is 87.3 cm³/mol. The van der Waals surface area contributed by atoms with E-state index < -0.39 is 0 Å². The van der Waals surface area contributed by atoms with Crippen molar-refractivity contribution in [2.24, 2.45) is 17.8 Å². The van der Waals surface area contributed by atoms with Crippen molar-refractivity contribution >= 4 is 0 Å². The molecule has 3 heteroatoms. The highest BCUT2D eigenvalue weighted by Crippen LogP contribution is 2.36. The second-order valence-electron chi connectivity index (χ2n) is 8.11. The predicted octanol–water partition coefficient (Wildman–Crippen LogP) is 2.64. The van der Waals surface area contributed by atoms with Gasteiger partial charge in [-0.2, -0.15) is 0 Å². The molecule has 21 heavy (non-hydrogen) atoms. The van der Waals surface area contributed by atoms with Gasteiger partial charge in [0.25, 0.3) is 0 Å². The molecule has 2 saturated carbocycles. The number of aliphatic hydroxyl groups is 1. The van der Waals surface area contributed by atoms with E-state index in [4.69, 9.17) is 0 Å². The lowest BCUT2D eigenvalue weighted by molar-refractivity contribution is 0.0260. The van der Waals surface area contributed by atoms with E-state index in [1.807, 2.05) is 0 Å². The molecule has 0 amide bonds. The average Bonchev–Trinajstić information content (AvgIpc) is 2.45. The maximum absolute atomic E-state index is 9.63. The van der Waals surface area contributed by atoms with Crippen molar-refractivity contribution in [2.75, 3.05) is 19.6 Å². The molecule has 2 atom stereocenters. The van der Waals surface area contributed by atoms with Gasteiger partial charge in [0.15, 0.2) is 0 Å². The zero-order valence-corrected chi connectivity index (χ0v) is 13.9. The molecule has 3 nitrogen and oxygen atoms in total. The molecule has 122 valence electrons. The number of piperidine rings is 1. The lowest BCUT2D eigenvalue weighted by Crippen LogP contribution is -2.58. The van der Waals surface area contributed by atoms with Gasteiger partial charge in [-0.25, -0.2) is 0 Å². The van der Waals surface area contributed by atoms with Gasteiger partial charge in [0.1, 0.15) is 0 Å². The van der Waals surface area contributed by atoms with Crippen molar-refractivity contribution in [2.45, 2.75) is 77.0 Å². The Morgan fingerprint density at radius 2 is 1.62 bits per heavy atom. The third-order valence-corrected chi connectivity index (χ3v) is 6.29. The van der Waals surface area contributed by atoms with Gasteiger partial charge >= 0.3 is 0 Å². The van der Waals surface area contributed by atoms with Crippen LogP contribution in [0, 0.1) is 17.8 Å². The Morgan fingerprint density at radius 1 is 1.00 bits per heavy atom. The van der Waals surface area contributed by atoms with Crippen LogP contribution in [0.4, 0.5) is 0 Å². The van der Waals surface area contributed by atoms with Gasteiger partial charge in [0, 0.05) is 25.2 Å². The second kappa shape index (κ2) is 6.97. The van der Waals surface area contributed by atoms with Gasteiger partial charge in [-0.1, -0.05) is 6.42 Å². The van der Waals surface area contributed by atoms with Crippen LogP contribution in [0.15, 0.2) is 0 Å². The molecule has 2 N–H and O–H groups in total. The Bertz CT molecular complexity index is 311. The molecule has 3 rings (SSSR count). The minimum Gasteiger partial charge on any atom is -0.393 e. The molecule has 0 aromatic heterocycles. The van der Waals surface area contributed by atoms with E-state index in [0.29, 0.717) is 6.04 Å². The molecular weight excluding hydrogens is 260 g/mol. The minimum absolute atomic E-state index is 0.0186.